The number of hydrogen-bond donors (Lipinski definition) is 0. The van der Waals surface area contributed by atoms with Gasteiger partial charge in [0, 0.05) is 11.9 Å². The molecule has 0 saturated carbocycles. The maximum Gasteiger partial charge on any atom is 0.124 e. The number of rotatable bonds is 5. The quantitative estimate of drug-likeness (QED) is 0.721. The first-order valence-corrected chi connectivity index (χ1v) is 6.35. The summed E-state index contributed by atoms with van der Waals surface area (Å²) in [6, 6.07) is 0. The molecule has 0 spiro atoms. The van der Waals surface area contributed by atoms with E-state index in [-0.39, 0.29) is 0 Å². The van der Waals surface area contributed by atoms with Crippen LogP contribution in [-0.2, 0) is 0 Å². The first-order chi connectivity index (χ1) is 7.56. The Labute approximate surface area is 102 Å². The summed E-state index contributed by atoms with van der Waals surface area (Å²) in [5, 5.41) is 1.91. The minimum Gasteiger partial charge on any atom is -0.287 e. The second kappa shape index (κ2) is 5.89. The zero-order valence-corrected chi connectivity index (χ0v) is 11.2. The molecule has 1 heterocycles. The zero-order valence-electron chi connectivity index (χ0n) is 10.4. The minimum absolute atomic E-state index is 0.362. The molecule has 0 atom stereocenters. The van der Waals surface area contributed by atoms with Crippen LogP contribution in [-0.4, -0.2) is 23.3 Å². The average molecular weight is 237 g/mol. The number of aliphatic imine (C=N–C) groups is 2. The lowest BCUT2D eigenvalue weighted by atomic mass is 10.0. The first kappa shape index (κ1) is 13.0. The molecular formula is C12H19N3S. The molecule has 16 heavy (non-hydrogen) atoms. The fraction of sp³-hybridized carbons (Fsp3) is 0.583. The van der Waals surface area contributed by atoms with Crippen molar-refractivity contribution >= 4 is 29.6 Å². The van der Waals surface area contributed by atoms with Crippen molar-refractivity contribution in [2.75, 3.05) is 6.54 Å². The molecule has 0 bridgehead atoms. The predicted molar refractivity (Wildman–Crippen MR) is 72.4 cm³/mol. The molecule has 0 unspecified atom stereocenters. The van der Waals surface area contributed by atoms with E-state index in [4.69, 9.17) is 0 Å². The average Bonchev–Trinajstić information content (AvgIpc) is 2.65. The lowest BCUT2D eigenvalue weighted by Crippen LogP contribution is -2.12. The highest BCUT2D eigenvalue weighted by molar-refractivity contribution is 7.04. The summed E-state index contributed by atoms with van der Waals surface area (Å²) in [6.07, 6.45) is 0. The maximum atomic E-state index is 4.65. The zero-order chi connectivity index (χ0) is 12.1. The molecule has 1 aromatic heterocycles. The van der Waals surface area contributed by atoms with E-state index < -0.39 is 0 Å². The van der Waals surface area contributed by atoms with Gasteiger partial charge in [0.2, 0.25) is 0 Å². The van der Waals surface area contributed by atoms with Crippen molar-refractivity contribution in [2.45, 2.75) is 27.7 Å². The summed E-state index contributed by atoms with van der Waals surface area (Å²) < 4.78 is 4.36. The third kappa shape index (κ3) is 3.23. The van der Waals surface area contributed by atoms with Gasteiger partial charge >= 0.3 is 0 Å². The van der Waals surface area contributed by atoms with Crippen LogP contribution in [0.5, 0.6) is 0 Å². The van der Waals surface area contributed by atoms with Crippen LogP contribution >= 0.6 is 11.5 Å². The van der Waals surface area contributed by atoms with Gasteiger partial charge in [-0.3, -0.25) is 9.98 Å². The summed E-state index contributed by atoms with van der Waals surface area (Å²) >= 11 is 1.41. The SMILES string of the molecule is C=Nc1csnc1C(=NCC(C)C)C(C)C. The molecule has 1 aromatic rings. The van der Waals surface area contributed by atoms with Crippen LogP contribution in [0.2, 0.25) is 0 Å². The molecule has 0 aliphatic rings. The molecule has 0 fully saturated rings. The first-order valence-electron chi connectivity index (χ1n) is 5.52. The topological polar surface area (TPSA) is 37.6 Å². The van der Waals surface area contributed by atoms with E-state index in [1.54, 1.807) is 0 Å². The van der Waals surface area contributed by atoms with E-state index in [9.17, 15) is 0 Å². The highest BCUT2D eigenvalue weighted by Gasteiger charge is 2.15. The van der Waals surface area contributed by atoms with Crippen LogP contribution in [0.15, 0.2) is 15.4 Å². The van der Waals surface area contributed by atoms with Crippen molar-refractivity contribution in [3.63, 3.8) is 0 Å². The van der Waals surface area contributed by atoms with E-state index in [1.165, 1.54) is 11.5 Å². The maximum absolute atomic E-state index is 4.65. The molecular weight excluding hydrogens is 218 g/mol. The lowest BCUT2D eigenvalue weighted by Gasteiger charge is -2.09. The summed E-state index contributed by atoms with van der Waals surface area (Å²) in [4.78, 5) is 8.62. The van der Waals surface area contributed by atoms with Gasteiger partial charge < -0.3 is 0 Å². The highest BCUT2D eigenvalue weighted by atomic mass is 32.1. The smallest absolute Gasteiger partial charge is 0.124 e. The fourth-order valence-electron chi connectivity index (χ4n) is 1.33. The van der Waals surface area contributed by atoms with Gasteiger partial charge in [-0.25, -0.2) is 0 Å². The largest absolute Gasteiger partial charge is 0.287 e. The second-order valence-electron chi connectivity index (χ2n) is 4.48. The van der Waals surface area contributed by atoms with Crippen LogP contribution in [0.25, 0.3) is 0 Å². The van der Waals surface area contributed by atoms with Crippen molar-refractivity contribution in [1.29, 1.82) is 0 Å². The Morgan fingerprint density at radius 3 is 2.62 bits per heavy atom. The van der Waals surface area contributed by atoms with Crippen LogP contribution in [0, 0.1) is 11.8 Å². The Hall–Kier alpha value is -1.03. The lowest BCUT2D eigenvalue weighted by molar-refractivity contribution is 0.661. The van der Waals surface area contributed by atoms with Crippen molar-refractivity contribution in [1.82, 2.24) is 4.37 Å². The minimum atomic E-state index is 0.362. The molecule has 88 valence electrons. The molecule has 0 aromatic carbocycles. The van der Waals surface area contributed by atoms with Gasteiger partial charge in [-0.05, 0) is 30.1 Å². The van der Waals surface area contributed by atoms with E-state index >= 15 is 0 Å². The summed E-state index contributed by atoms with van der Waals surface area (Å²) in [6.45, 7) is 13.0. The molecule has 0 radical (unpaired) electrons. The third-order valence-electron chi connectivity index (χ3n) is 2.14. The molecule has 0 amide bonds. The summed E-state index contributed by atoms with van der Waals surface area (Å²) in [5.74, 6) is 0.925. The highest BCUT2D eigenvalue weighted by Crippen LogP contribution is 2.23. The Kier molecular flexibility index (Phi) is 4.80. The molecule has 3 nitrogen and oxygen atoms in total. The van der Waals surface area contributed by atoms with Gasteiger partial charge in [0.25, 0.3) is 0 Å². The van der Waals surface area contributed by atoms with Crippen LogP contribution < -0.4 is 0 Å². The Bertz CT molecular complexity index is 377. The molecule has 1 rings (SSSR count). The van der Waals surface area contributed by atoms with E-state index in [2.05, 4.69) is 48.8 Å². The van der Waals surface area contributed by atoms with Gasteiger partial charge in [0.1, 0.15) is 11.4 Å². The second-order valence-corrected chi connectivity index (χ2v) is 5.11. The van der Waals surface area contributed by atoms with Gasteiger partial charge in [-0.2, -0.15) is 4.37 Å². The Morgan fingerprint density at radius 2 is 2.12 bits per heavy atom. The molecule has 4 heteroatoms. The van der Waals surface area contributed by atoms with Crippen LogP contribution in [0.3, 0.4) is 0 Å². The van der Waals surface area contributed by atoms with E-state index in [0.717, 1.165) is 23.6 Å². The molecule has 0 aliphatic carbocycles. The van der Waals surface area contributed by atoms with Crippen molar-refractivity contribution in [3.05, 3.63) is 11.1 Å². The third-order valence-corrected chi connectivity index (χ3v) is 2.75. The fourth-order valence-corrected chi connectivity index (χ4v) is 1.96. The van der Waals surface area contributed by atoms with Gasteiger partial charge in [0.15, 0.2) is 0 Å². The van der Waals surface area contributed by atoms with Crippen molar-refractivity contribution in [3.8, 4) is 0 Å². The monoisotopic (exact) mass is 237 g/mol. The molecule has 0 N–H and O–H groups in total. The number of nitrogens with zero attached hydrogens (tertiary/aromatic N) is 3. The number of hydrogen-bond acceptors (Lipinski definition) is 4. The Balaban J connectivity index is 3.03. The van der Waals surface area contributed by atoms with Gasteiger partial charge in [0.05, 0.1) is 5.71 Å². The van der Waals surface area contributed by atoms with Gasteiger partial charge in [-0.1, -0.05) is 27.7 Å². The Morgan fingerprint density at radius 1 is 1.44 bits per heavy atom. The summed E-state index contributed by atoms with van der Waals surface area (Å²) in [7, 11) is 0. The van der Waals surface area contributed by atoms with Crippen LogP contribution in [0.4, 0.5) is 5.69 Å². The van der Waals surface area contributed by atoms with Crippen molar-refractivity contribution < 1.29 is 0 Å². The van der Waals surface area contributed by atoms with Gasteiger partial charge in [-0.15, -0.1) is 0 Å². The predicted octanol–water partition coefficient (Wildman–Crippen LogP) is 3.58. The van der Waals surface area contributed by atoms with Crippen LogP contribution in [0.1, 0.15) is 33.4 Å². The van der Waals surface area contributed by atoms with Crippen molar-refractivity contribution in [2.24, 2.45) is 21.8 Å². The van der Waals surface area contributed by atoms with E-state index in [1.807, 2.05) is 5.38 Å². The number of aromatic nitrogens is 1. The molecule has 0 aliphatic heterocycles. The standard InChI is InChI=1S/C12H19N3S/c1-8(2)6-14-11(9(3)4)12-10(13-5)7-16-15-12/h7-9H,5-6H2,1-4H3. The normalized spacial score (nSPS) is 12.5. The molecule has 0 saturated heterocycles. The van der Waals surface area contributed by atoms with E-state index in [0.29, 0.717) is 11.8 Å². The summed E-state index contributed by atoms with van der Waals surface area (Å²) in [5.41, 5.74) is 2.79.